The van der Waals surface area contributed by atoms with Gasteiger partial charge in [-0.25, -0.2) is 13.6 Å². The third-order valence-corrected chi connectivity index (χ3v) is 2.41. The van der Waals surface area contributed by atoms with E-state index >= 15 is 0 Å². The summed E-state index contributed by atoms with van der Waals surface area (Å²) in [6, 6.07) is 1.58. The molecule has 0 atom stereocenters. The summed E-state index contributed by atoms with van der Waals surface area (Å²) >= 11 is 0. The number of carbonyl (C=O) groups is 1. The predicted molar refractivity (Wildman–Crippen MR) is 61.8 cm³/mol. The third kappa shape index (κ3) is 2.16. The fourth-order valence-corrected chi connectivity index (χ4v) is 1.63. The minimum absolute atomic E-state index is 0.0625. The van der Waals surface area contributed by atoms with Crippen LogP contribution < -0.4 is 0 Å². The molecule has 1 aromatic carbocycles. The van der Waals surface area contributed by atoms with Gasteiger partial charge in [-0.05, 0) is 5.53 Å². The maximum absolute atomic E-state index is 13.8. The monoisotopic (exact) mass is 264 g/mol. The SMILES string of the molecule is COC(=O)c1cnc2cc(F)cc(F)c2c1N=[N+]=[N-]. The standard InChI is InChI=1S/C11H6F2N4O2/c1-19-11(18)6-4-15-8-3-5(12)2-7(13)9(8)10(6)16-17-14/h2-4H,1H3. The van der Waals surface area contributed by atoms with Gasteiger partial charge in [0.2, 0.25) is 0 Å². The number of rotatable bonds is 2. The number of benzene rings is 1. The van der Waals surface area contributed by atoms with Gasteiger partial charge < -0.3 is 4.74 Å². The summed E-state index contributed by atoms with van der Waals surface area (Å²) < 4.78 is 31.3. The van der Waals surface area contributed by atoms with Crippen LogP contribution in [0.2, 0.25) is 0 Å². The Morgan fingerprint density at radius 1 is 1.47 bits per heavy atom. The first-order valence-corrected chi connectivity index (χ1v) is 4.99. The van der Waals surface area contributed by atoms with Gasteiger partial charge in [-0.3, -0.25) is 4.98 Å². The molecule has 1 aromatic heterocycles. The molecule has 0 spiro atoms. The number of esters is 1. The van der Waals surface area contributed by atoms with E-state index in [4.69, 9.17) is 5.53 Å². The van der Waals surface area contributed by atoms with E-state index in [0.29, 0.717) is 6.07 Å². The van der Waals surface area contributed by atoms with Gasteiger partial charge >= 0.3 is 5.97 Å². The highest BCUT2D eigenvalue weighted by molar-refractivity contribution is 6.03. The largest absolute Gasteiger partial charge is 0.465 e. The highest BCUT2D eigenvalue weighted by Gasteiger charge is 2.18. The van der Waals surface area contributed by atoms with Crippen molar-refractivity contribution in [2.24, 2.45) is 5.11 Å². The van der Waals surface area contributed by atoms with Crippen molar-refractivity contribution in [2.75, 3.05) is 7.11 Å². The molecule has 0 fully saturated rings. The normalized spacial score (nSPS) is 10.1. The Morgan fingerprint density at radius 3 is 2.84 bits per heavy atom. The summed E-state index contributed by atoms with van der Waals surface area (Å²) in [5.41, 5.74) is 7.95. The van der Waals surface area contributed by atoms with Gasteiger partial charge in [0.05, 0.1) is 23.9 Å². The fraction of sp³-hybridized carbons (Fsp3) is 0.0909. The zero-order valence-electron chi connectivity index (χ0n) is 9.59. The second kappa shape index (κ2) is 4.87. The number of methoxy groups -OCH3 is 1. The summed E-state index contributed by atoms with van der Waals surface area (Å²) in [4.78, 5) is 17.8. The van der Waals surface area contributed by atoms with Crippen LogP contribution in [0.1, 0.15) is 10.4 Å². The van der Waals surface area contributed by atoms with Crippen molar-refractivity contribution in [3.8, 4) is 0 Å². The molecule has 2 rings (SSSR count). The molecular formula is C11H6F2N4O2. The molecule has 0 aliphatic heterocycles. The second-order valence-electron chi connectivity index (χ2n) is 3.48. The minimum Gasteiger partial charge on any atom is -0.465 e. The molecule has 19 heavy (non-hydrogen) atoms. The van der Waals surface area contributed by atoms with Crippen molar-refractivity contribution in [3.63, 3.8) is 0 Å². The Morgan fingerprint density at radius 2 is 2.21 bits per heavy atom. The van der Waals surface area contributed by atoms with Crippen molar-refractivity contribution >= 4 is 22.6 Å². The van der Waals surface area contributed by atoms with E-state index in [9.17, 15) is 13.6 Å². The van der Waals surface area contributed by atoms with Crippen LogP contribution in [0.3, 0.4) is 0 Å². The molecule has 0 N–H and O–H groups in total. The fourth-order valence-electron chi connectivity index (χ4n) is 1.63. The molecule has 0 unspecified atom stereocenters. The lowest BCUT2D eigenvalue weighted by molar-refractivity contribution is 0.0601. The summed E-state index contributed by atoms with van der Waals surface area (Å²) in [6.07, 6.45) is 1.04. The van der Waals surface area contributed by atoms with Crippen molar-refractivity contribution in [1.82, 2.24) is 4.98 Å². The van der Waals surface area contributed by atoms with Crippen LogP contribution in [0, 0.1) is 11.6 Å². The summed E-state index contributed by atoms with van der Waals surface area (Å²) in [7, 11) is 1.12. The van der Waals surface area contributed by atoms with Gasteiger partial charge in [0.1, 0.15) is 11.6 Å². The smallest absolute Gasteiger partial charge is 0.339 e. The average molecular weight is 264 g/mol. The summed E-state index contributed by atoms with van der Waals surface area (Å²) in [6.45, 7) is 0. The molecule has 96 valence electrons. The molecule has 0 aliphatic carbocycles. The van der Waals surface area contributed by atoms with Gasteiger partial charge in [0, 0.05) is 28.6 Å². The van der Waals surface area contributed by atoms with Gasteiger partial charge in [-0.15, -0.1) is 0 Å². The number of hydrogen-bond acceptors (Lipinski definition) is 4. The number of hydrogen-bond donors (Lipinski definition) is 0. The maximum Gasteiger partial charge on any atom is 0.339 e. The van der Waals surface area contributed by atoms with Crippen LogP contribution in [0.25, 0.3) is 21.3 Å². The lowest BCUT2D eigenvalue weighted by Gasteiger charge is -2.07. The Labute approximate surface area is 105 Å². The van der Waals surface area contributed by atoms with Crippen LogP contribution >= 0.6 is 0 Å². The van der Waals surface area contributed by atoms with Crippen molar-refractivity contribution in [2.45, 2.75) is 0 Å². The Hall–Kier alpha value is -2.73. The molecule has 0 bridgehead atoms. The molecule has 0 saturated heterocycles. The number of carbonyl (C=O) groups excluding carboxylic acids is 1. The lowest BCUT2D eigenvalue weighted by atomic mass is 10.1. The summed E-state index contributed by atoms with van der Waals surface area (Å²) in [5.74, 6) is -2.63. The Kier molecular flexibility index (Phi) is 3.26. The van der Waals surface area contributed by atoms with Crippen LogP contribution in [0.5, 0.6) is 0 Å². The molecule has 8 heteroatoms. The first-order valence-electron chi connectivity index (χ1n) is 4.99. The van der Waals surface area contributed by atoms with Crippen LogP contribution in [-0.2, 0) is 4.74 Å². The minimum atomic E-state index is -0.976. The average Bonchev–Trinajstić information content (AvgIpc) is 2.37. The van der Waals surface area contributed by atoms with Crippen molar-refractivity contribution in [3.05, 3.63) is 46.0 Å². The number of fused-ring (bicyclic) bond motifs is 1. The first kappa shape index (κ1) is 12.7. The highest BCUT2D eigenvalue weighted by Crippen LogP contribution is 2.32. The molecular weight excluding hydrogens is 258 g/mol. The van der Waals surface area contributed by atoms with E-state index in [2.05, 4.69) is 19.7 Å². The number of ether oxygens (including phenoxy) is 1. The molecule has 0 saturated carbocycles. The Bertz CT molecular complexity index is 726. The molecule has 6 nitrogen and oxygen atoms in total. The zero-order chi connectivity index (χ0) is 14.0. The number of azide groups is 1. The number of pyridine rings is 1. The van der Waals surface area contributed by atoms with Crippen LogP contribution in [-0.4, -0.2) is 18.1 Å². The van der Waals surface area contributed by atoms with Gasteiger partial charge in [0.15, 0.2) is 0 Å². The van der Waals surface area contributed by atoms with Crippen molar-refractivity contribution < 1.29 is 18.3 Å². The topological polar surface area (TPSA) is 88.0 Å². The van der Waals surface area contributed by atoms with Gasteiger partial charge in [-0.2, -0.15) is 0 Å². The number of aromatic nitrogens is 1. The van der Waals surface area contributed by atoms with E-state index in [-0.39, 0.29) is 22.2 Å². The lowest BCUT2D eigenvalue weighted by Crippen LogP contribution is -2.03. The first-order chi connectivity index (χ1) is 9.08. The summed E-state index contributed by atoms with van der Waals surface area (Å²) in [5, 5.41) is 3.04. The second-order valence-corrected chi connectivity index (χ2v) is 3.48. The zero-order valence-corrected chi connectivity index (χ0v) is 9.59. The molecule has 0 aliphatic rings. The molecule has 1 heterocycles. The van der Waals surface area contributed by atoms with Gasteiger partial charge in [0.25, 0.3) is 0 Å². The van der Waals surface area contributed by atoms with Gasteiger partial charge in [-0.1, -0.05) is 5.11 Å². The molecule has 0 radical (unpaired) electrons. The third-order valence-electron chi connectivity index (χ3n) is 2.41. The van der Waals surface area contributed by atoms with E-state index in [1.807, 2.05) is 0 Å². The predicted octanol–water partition coefficient (Wildman–Crippen LogP) is 3.24. The van der Waals surface area contributed by atoms with E-state index in [1.54, 1.807) is 0 Å². The van der Waals surface area contributed by atoms with E-state index in [0.717, 1.165) is 19.4 Å². The Balaban J connectivity index is 2.91. The van der Waals surface area contributed by atoms with Crippen LogP contribution in [0.4, 0.5) is 14.5 Å². The number of nitrogens with zero attached hydrogens (tertiary/aromatic N) is 4. The van der Waals surface area contributed by atoms with Crippen molar-refractivity contribution in [1.29, 1.82) is 0 Å². The van der Waals surface area contributed by atoms with E-state index in [1.165, 1.54) is 0 Å². The molecule has 2 aromatic rings. The van der Waals surface area contributed by atoms with E-state index < -0.39 is 17.6 Å². The quantitative estimate of drug-likeness (QED) is 0.361. The highest BCUT2D eigenvalue weighted by atomic mass is 19.1. The molecule has 0 amide bonds. The maximum atomic E-state index is 13.8. The van der Waals surface area contributed by atoms with Crippen LogP contribution in [0.15, 0.2) is 23.4 Å². The number of halogens is 2.